The maximum Gasteiger partial charge on any atom is 0.319 e. The van der Waals surface area contributed by atoms with Gasteiger partial charge in [-0.05, 0) is 56.0 Å². The van der Waals surface area contributed by atoms with Crippen molar-refractivity contribution >= 4 is 28.4 Å². The molecule has 0 radical (unpaired) electrons. The molecule has 1 aliphatic rings. The van der Waals surface area contributed by atoms with E-state index in [-0.39, 0.29) is 37.4 Å². The summed E-state index contributed by atoms with van der Waals surface area (Å²) in [5.74, 6) is -2.55. The molecule has 3 N–H and O–H groups in total. The lowest BCUT2D eigenvalue weighted by atomic mass is 9.92. The van der Waals surface area contributed by atoms with Gasteiger partial charge in [-0.25, -0.2) is 22.9 Å². The number of rotatable bonds is 4. The highest BCUT2D eigenvalue weighted by molar-refractivity contribution is 5.92. The quantitative estimate of drug-likeness (QED) is 0.463. The van der Waals surface area contributed by atoms with Crippen molar-refractivity contribution in [3.05, 3.63) is 47.5 Å². The van der Waals surface area contributed by atoms with Crippen LogP contribution in [0.15, 0.2) is 30.5 Å². The van der Waals surface area contributed by atoms with Crippen LogP contribution >= 0.6 is 0 Å². The zero-order chi connectivity index (χ0) is 23.8. The first-order chi connectivity index (χ1) is 15.6. The fourth-order valence-corrected chi connectivity index (χ4v) is 4.16. The summed E-state index contributed by atoms with van der Waals surface area (Å²) >= 11 is 0. The molecule has 3 aromatic rings. The average molecular weight is 458 g/mol. The average Bonchev–Trinajstić information content (AvgIpc) is 2.76. The molecule has 9 heteroatoms. The number of benzene rings is 1. The van der Waals surface area contributed by atoms with E-state index in [0.29, 0.717) is 11.4 Å². The smallest absolute Gasteiger partial charge is 0.319 e. The van der Waals surface area contributed by atoms with Gasteiger partial charge in [-0.3, -0.25) is 4.98 Å². The van der Waals surface area contributed by atoms with E-state index in [1.165, 1.54) is 6.07 Å². The molecule has 1 aliphatic carbocycles. The van der Waals surface area contributed by atoms with E-state index in [2.05, 4.69) is 25.9 Å². The Kier molecular flexibility index (Phi) is 6.14. The topological polar surface area (TPSA) is 78.9 Å². The van der Waals surface area contributed by atoms with Gasteiger partial charge in [-0.15, -0.1) is 0 Å². The van der Waals surface area contributed by atoms with Crippen LogP contribution in [0.1, 0.15) is 36.9 Å². The maximum atomic E-state index is 14.6. The van der Waals surface area contributed by atoms with Gasteiger partial charge in [0.1, 0.15) is 11.6 Å². The molecule has 2 amide bonds. The highest BCUT2D eigenvalue weighted by Crippen LogP contribution is 2.34. The molecule has 33 heavy (non-hydrogen) atoms. The molecular formula is C24H26F3N5O. The van der Waals surface area contributed by atoms with Crippen LogP contribution in [0.5, 0.6) is 0 Å². The first kappa shape index (κ1) is 22.8. The SMILES string of the molecule is CNc1cc2nc(C)c(-c3cc(NC(=O)NC4CCC(F)(F)CC4)c(F)cc3C)cc2cn1. The van der Waals surface area contributed by atoms with Gasteiger partial charge in [0, 0.05) is 54.8 Å². The molecule has 0 unspecified atom stereocenters. The van der Waals surface area contributed by atoms with Gasteiger partial charge < -0.3 is 16.0 Å². The Hall–Kier alpha value is -3.36. The van der Waals surface area contributed by atoms with Gasteiger partial charge in [-0.1, -0.05) is 0 Å². The fraction of sp³-hybridized carbons (Fsp3) is 0.375. The Morgan fingerprint density at radius 3 is 2.52 bits per heavy atom. The Balaban J connectivity index is 1.58. The zero-order valence-electron chi connectivity index (χ0n) is 18.7. The summed E-state index contributed by atoms with van der Waals surface area (Å²) in [5.41, 5.74) is 3.77. The molecule has 0 aliphatic heterocycles. The molecule has 6 nitrogen and oxygen atoms in total. The molecule has 1 fully saturated rings. The summed E-state index contributed by atoms with van der Waals surface area (Å²) in [6.45, 7) is 3.66. The van der Waals surface area contributed by atoms with Gasteiger partial charge in [0.25, 0.3) is 0 Å². The largest absolute Gasteiger partial charge is 0.373 e. The third-order valence-corrected chi connectivity index (χ3v) is 6.05. The van der Waals surface area contributed by atoms with E-state index in [1.54, 1.807) is 26.2 Å². The first-order valence-electron chi connectivity index (χ1n) is 10.9. The maximum absolute atomic E-state index is 14.6. The molecule has 1 saturated carbocycles. The fourth-order valence-electron chi connectivity index (χ4n) is 4.16. The predicted octanol–water partition coefficient (Wildman–Crippen LogP) is 5.79. The number of aromatic nitrogens is 2. The number of nitrogens with zero attached hydrogens (tertiary/aromatic N) is 2. The molecule has 0 bridgehead atoms. The van der Waals surface area contributed by atoms with Crippen molar-refractivity contribution in [3.8, 4) is 11.1 Å². The van der Waals surface area contributed by atoms with Crippen molar-refractivity contribution in [2.75, 3.05) is 17.7 Å². The van der Waals surface area contributed by atoms with Crippen LogP contribution in [0.25, 0.3) is 22.0 Å². The number of fused-ring (bicyclic) bond motifs is 1. The van der Waals surface area contributed by atoms with Crippen molar-refractivity contribution < 1.29 is 18.0 Å². The number of alkyl halides is 2. The van der Waals surface area contributed by atoms with Crippen molar-refractivity contribution in [1.82, 2.24) is 15.3 Å². The summed E-state index contributed by atoms with van der Waals surface area (Å²) in [5, 5.41) is 9.03. The highest BCUT2D eigenvalue weighted by Gasteiger charge is 2.35. The van der Waals surface area contributed by atoms with Crippen molar-refractivity contribution in [3.63, 3.8) is 0 Å². The standard InChI is InChI=1S/C24H26F3N5O/c1-13-8-19(25)21(32-23(33)31-16-4-6-24(26,27)7-5-16)10-17(13)18-9-15-12-29-22(28-3)11-20(15)30-14(18)2/h8-12,16H,4-7H2,1-3H3,(H,28,29)(H2,31,32,33). The molecule has 0 atom stereocenters. The molecule has 174 valence electrons. The van der Waals surface area contributed by atoms with Gasteiger partial charge >= 0.3 is 6.03 Å². The van der Waals surface area contributed by atoms with Crippen LogP contribution in [-0.4, -0.2) is 35.0 Å². The summed E-state index contributed by atoms with van der Waals surface area (Å²) in [6.07, 6.45) is 1.57. The van der Waals surface area contributed by atoms with E-state index in [4.69, 9.17) is 0 Å². The lowest BCUT2D eigenvalue weighted by Gasteiger charge is -2.28. The lowest BCUT2D eigenvalue weighted by Crippen LogP contribution is -2.42. The van der Waals surface area contributed by atoms with Crippen LogP contribution in [-0.2, 0) is 0 Å². The highest BCUT2D eigenvalue weighted by atomic mass is 19.3. The second kappa shape index (κ2) is 8.88. The van der Waals surface area contributed by atoms with Crippen LogP contribution in [0.4, 0.5) is 29.5 Å². The third kappa shape index (κ3) is 5.02. The molecular weight excluding hydrogens is 431 g/mol. The normalized spacial score (nSPS) is 15.9. The first-order valence-corrected chi connectivity index (χ1v) is 10.9. The van der Waals surface area contributed by atoms with Gasteiger partial charge in [0.2, 0.25) is 5.92 Å². The number of aryl methyl sites for hydroxylation is 2. The Morgan fingerprint density at radius 1 is 1.09 bits per heavy atom. The van der Waals surface area contributed by atoms with E-state index >= 15 is 0 Å². The zero-order valence-corrected chi connectivity index (χ0v) is 18.7. The monoisotopic (exact) mass is 457 g/mol. The van der Waals surface area contributed by atoms with E-state index in [1.807, 2.05) is 19.1 Å². The van der Waals surface area contributed by atoms with Gasteiger partial charge in [0.15, 0.2) is 0 Å². The second-order valence-electron chi connectivity index (χ2n) is 8.51. The van der Waals surface area contributed by atoms with Crippen molar-refractivity contribution in [1.29, 1.82) is 0 Å². The summed E-state index contributed by atoms with van der Waals surface area (Å²) in [7, 11) is 1.78. The van der Waals surface area contributed by atoms with Crippen molar-refractivity contribution in [2.45, 2.75) is 51.5 Å². The molecule has 2 aromatic heterocycles. The number of pyridine rings is 2. The predicted molar refractivity (Wildman–Crippen MR) is 123 cm³/mol. The van der Waals surface area contributed by atoms with Crippen LogP contribution < -0.4 is 16.0 Å². The number of halogens is 3. The molecule has 1 aromatic carbocycles. The Morgan fingerprint density at radius 2 is 1.82 bits per heavy atom. The third-order valence-electron chi connectivity index (χ3n) is 6.05. The Labute approximate surface area is 190 Å². The van der Waals surface area contributed by atoms with Gasteiger partial charge in [-0.2, -0.15) is 0 Å². The second-order valence-corrected chi connectivity index (χ2v) is 8.51. The van der Waals surface area contributed by atoms with Crippen LogP contribution in [0, 0.1) is 19.7 Å². The van der Waals surface area contributed by atoms with E-state index in [0.717, 1.165) is 27.7 Å². The number of hydrogen-bond acceptors (Lipinski definition) is 4. The minimum atomic E-state index is -2.68. The lowest BCUT2D eigenvalue weighted by molar-refractivity contribution is -0.0394. The number of anilines is 2. The van der Waals surface area contributed by atoms with E-state index < -0.39 is 17.8 Å². The number of carbonyl (C=O) groups is 1. The summed E-state index contributed by atoms with van der Waals surface area (Å²) in [6, 6.07) is 5.75. The van der Waals surface area contributed by atoms with Crippen molar-refractivity contribution in [2.24, 2.45) is 0 Å². The summed E-state index contributed by atoms with van der Waals surface area (Å²) < 4.78 is 41.3. The van der Waals surface area contributed by atoms with Crippen LogP contribution in [0.3, 0.4) is 0 Å². The number of urea groups is 1. The number of nitrogens with one attached hydrogen (secondary N) is 3. The van der Waals surface area contributed by atoms with Crippen LogP contribution in [0.2, 0.25) is 0 Å². The molecule has 0 saturated heterocycles. The molecule has 4 rings (SSSR count). The Bertz CT molecular complexity index is 1200. The van der Waals surface area contributed by atoms with E-state index in [9.17, 15) is 18.0 Å². The number of amides is 2. The minimum Gasteiger partial charge on any atom is -0.373 e. The minimum absolute atomic E-state index is 0.0115. The van der Waals surface area contributed by atoms with Gasteiger partial charge in [0.05, 0.1) is 11.2 Å². The number of carbonyl (C=O) groups excluding carboxylic acids is 1. The molecule has 2 heterocycles. The molecule has 0 spiro atoms. The number of hydrogen-bond donors (Lipinski definition) is 3. The summed E-state index contributed by atoms with van der Waals surface area (Å²) in [4.78, 5) is 21.4.